The Kier molecular flexibility index (Phi) is 3.00. The number of hydrogen-bond donors (Lipinski definition) is 1. The van der Waals surface area contributed by atoms with Crippen LogP contribution in [0.4, 0.5) is 4.39 Å². The third-order valence-corrected chi connectivity index (χ3v) is 2.14. The van der Waals surface area contributed by atoms with E-state index in [2.05, 4.69) is 5.10 Å². The molecule has 1 aromatic carbocycles. The maximum absolute atomic E-state index is 13.7. The molecule has 0 aliphatic heterocycles. The lowest BCUT2D eigenvalue weighted by Gasteiger charge is -2.03. The zero-order valence-corrected chi connectivity index (χ0v) is 8.75. The van der Waals surface area contributed by atoms with Crippen molar-refractivity contribution in [3.05, 3.63) is 54.1 Å². The van der Waals surface area contributed by atoms with Gasteiger partial charge in [0.15, 0.2) is 0 Å². The van der Waals surface area contributed by atoms with Crippen LogP contribution >= 0.6 is 0 Å². The van der Waals surface area contributed by atoms with Gasteiger partial charge in [0.2, 0.25) is 0 Å². The largest absolute Gasteiger partial charge is 0.478 e. The molecular formula is C12H9FN2O2. The van der Waals surface area contributed by atoms with E-state index in [1.165, 1.54) is 16.8 Å². The summed E-state index contributed by atoms with van der Waals surface area (Å²) in [6.45, 7) is 0. The molecule has 0 radical (unpaired) electrons. The molecule has 0 saturated heterocycles. The number of carboxylic acids is 1. The standard InChI is InChI=1S/C12H9FN2O2/c13-10-8-9(3-5-12(16)17)2-4-11(10)15-7-1-6-14-15/h1-8H,(H,16,17)/b5-3+. The van der Waals surface area contributed by atoms with E-state index in [9.17, 15) is 9.18 Å². The van der Waals surface area contributed by atoms with Crippen LogP contribution in [0.25, 0.3) is 11.8 Å². The van der Waals surface area contributed by atoms with Crippen LogP contribution in [0.1, 0.15) is 5.56 Å². The molecule has 17 heavy (non-hydrogen) atoms. The van der Waals surface area contributed by atoms with E-state index < -0.39 is 11.8 Å². The number of benzene rings is 1. The fourth-order valence-electron chi connectivity index (χ4n) is 1.39. The number of halogens is 1. The van der Waals surface area contributed by atoms with Gasteiger partial charge in [0.25, 0.3) is 0 Å². The molecule has 2 rings (SSSR count). The van der Waals surface area contributed by atoms with Gasteiger partial charge in [-0.3, -0.25) is 0 Å². The van der Waals surface area contributed by atoms with Gasteiger partial charge in [0, 0.05) is 18.5 Å². The minimum Gasteiger partial charge on any atom is -0.478 e. The molecule has 1 heterocycles. The number of aliphatic carboxylic acids is 1. The lowest BCUT2D eigenvalue weighted by Crippen LogP contribution is -1.98. The average molecular weight is 232 g/mol. The predicted molar refractivity (Wildman–Crippen MR) is 60.2 cm³/mol. The van der Waals surface area contributed by atoms with Gasteiger partial charge in [-0.25, -0.2) is 13.9 Å². The zero-order valence-electron chi connectivity index (χ0n) is 8.75. The summed E-state index contributed by atoms with van der Waals surface area (Å²) in [5.41, 5.74) is 0.809. The molecule has 0 amide bonds. The summed E-state index contributed by atoms with van der Waals surface area (Å²) in [6, 6.07) is 6.12. The molecule has 0 aliphatic carbocycles. The van der Waals surface area contributed by atoms with Crippen molar-refractivity contribution in [2.75, 3.05) is 0 Å². The Hall–Kier alpha value is -2.43. The molecule has 1 N–H and O–H groups in total. The Morgan fingerprint density at radius 3 is 2.88 bits per heavy atom. The summed E-state index contributed by atoms with van der Waals surface area (Å²) in [5, 5.41) is 12.4. The first-order valence-corrected chi connectivity index (χ1v) is 4.87. The van der Waals surface area contributed by atoms with Gasteiger partial charge in [0.1, 0.15) is 11.5 Å². The van der Waals surface area contributed by atoms with Crippen molar-refractivity contribution in [1.82, 2.24) is 9.78 Å². The van der Waals surface area contributed by atoms with Crippen LogP contribution in [0.15, 0.2) is 42.7 Å². The molecule has 0 spiro atoms. The van der Waals surface area contributed by atoms with E-state index in [1.807, 2.05) is 0 Å². The second-order valence-corrected chi connectivity index (χ2v) is 3.33. The molecule has 0 fully saturated rings. The summed E-state index contributed by atoms with van der Waals surface area (Å²) >= 11 is 0. The Labute approximate surface area is 96.6 Å². The van der Waals surface area contributed by atoms with Crippen LogP contribution in [0.3, 0.4) is 0 Å². The van der Waals surface area contributed by atoms with Crippen molar-refractivity contribution in [2.24, 2.45) is 0 Å². The van der Waals surface area contributed by atoms with Crippen LogP contribution in [0, 0.1) is 5.82 Å². The van der Waals surface area contributed by atoms with Crippen molar-refractivity contribution < 1.29 is 14.3 Å². The van der Waals surface area contributed by atoms with E-state index >= 15 is 0 Å². The molecule has 5 heteroatoms. The summed E-state index contributed by atoms with van der Waals surface area (Å²) in [4.78, 5) is 10.3. The monoisotopic (exact) mass is 232 g/mol. The average Bonchev–Trinajstić information content (AvgIpc) is 2.79. The first kappa shape index (κ1) is 11.1. The Balaban J connectivity index is 2.32. The molecular weight excluding hydrogens is 223 g/mol. The Morgan fingerprint density at radius 2 is 2.29 bits per heavy atom. The maximum atomic E-state index is 13.7. The second kappa shape index (κ2) is 4.61. The molecule has 4 nitrogen and oxygen atoms in total. The lowest BCUT2D eigenvalue weighted by atomic mass is 10.2. The van der Waals surface area contributed by atoms with E-state index in [1.54, 1.807) is 30.6 Å². The van der Waals surface area contributed by atoms with Crippen LogP contribution in [-0.2, 0) is 4.79 Å². The SMILES string of the molecule is O=C(O)/C=C/c1ccc(-n2cccn2)c(F)c1. The van der Waals surface area contributed by atoms with Crippen LogP contribution in [0.5, 0.6) is 0 Å². The van der Waals surface area contributed by atoms with Crippen molar-refractivity contribution >= 4 is 12.0 Å². The summed E-state index contributed by atoms with van der Waals surface area (Å²) < 4.78 is 15.1. The van der Waals surface area contributed by atoms with E-state index in [-0.39, 0.29) is 0 Å². The summed E-state index contributed by atoms with van der Waals surface area (Å²) in [5.74, 6) is -1.53. The number of hydrogen-bond acceptors (Lipinski definition) is 2. The minimum atomic E-state index is -1.07. The smallest absolute Gasteiger partial charge is 0.328 e. The highest BCUT2D eigenvalue weighted by Gasteiger charge is 2.04. The molecule has 0 aliphatic rings. The van der Waals surface area contributed by atoms with Gasteiger partial charge >= 0.3 is 5.97 Å². The quantitative estimate of drug-likeness (QED) is 0.824. The van der Waals surface area contributed by atoms with Crippen molar-refractivity contribution in [2.45, 2.75) is 0 Å². The zero-order chi connectivity index (χ0) is 12.3. The van der Waals surface area contributed by atoms with Gasteiger partial charge in [-0.1, -0.05) is 6.07 Å². The molecule has 0 unspecified atom stereocenters. The molecule has 2 aromatic rings. The summed E-state index contributed by atoms with van der Waals surface area (Å²) in [6.07, 6.45) is 5.48. The fraction of sp³-hybridized carbons (Fsp3) is 0. The van der Waals surface area contributed by atoms with Gasteiger partial charge in [-0.15, -0.1) is 0 Å². The lowest BCUT2D eigenvalue weighted by molar-refractivity contribution is -0.131. The first-order valence-electron chi connectivity index (χ1n) is 4.87. The topological polar surface area (TPSA) is 55.1 Å². The Bertz CT molecular complexity index is 562. The van der Waals surface area contributed by atoms with Gasteiger partial charge in [0.05, 0.1) is 0 Å². The van der Waals surface area contributed by atoms with E-state index in [0.29, 0.717) is 11.3 Å². The van der Waals surface area contributed by atoms with E-state index in [0.717, 1.165) is 6.08 Å². The van der Waals surface area contributed by atoms with Gasteiger partial charge in [-0.2, -0.15) is 5.10 Å². The normalized spacial score (nSPS) is 10.9. The van der Waals surface area contributed by atoms with Crippen LogP contribution < -0.4 is 0 Å². The Morgan fingerprint density at radius 1 is 1.47 bits per heavy atom. The van der Waals surface area contributed by atoms with Crippen molar-refractivity contribution in [1.29, 1.82) is 0 Å². The highest BCUT2D eigenvalue weighted by atomic mass is 19.1. The fourth-order valence-corrected chi connectivity index (χ4v) is 1.39. The highest BCUT2D eigenvalue weighted by Crippen LogP contribution is 2.15. The van der Waals surface area contributed by atoms with Crippen molar-refractivity contribution in [3.63, 3.8) is 0 Å². The van der Waals surface area contributed by atoms with Crippen molar-refractivity contribution in [3.8, 4) is 5.69 Å². The van der Waals surface area contributed by atoms with Crippen LogP contribution in [-0.4, -0.2) is 20.9 Å². The van der Waals surface area contributed by atoms with E-state index in [4.69, 9.17) is 5.11 Å². The second-order valence-electron chi connectivity index (χ2n) is 3.33. The third kappa shape index (κ3) is 2.57. The van der Waals surface area contributed by atoms with Gasteiger partial charge in [-0.05, 0) is 29.8 Å². The number of carbonyl (C=O) groups is 1. The molecule has 0 atom stereocenters. The number of aromatic nitrogens is 2. The third-order valence-electron chi connectivity index (χ3n) is 2.14. The van der Waals surface area contributed by atoms with Crippen LogP contribution in [0.2, 0.25) is 0 Å². The van der Waals surface area contributed by atoms with Gasteiger partial charge < -0.3 is 5.11 Å². The molecule has 0 bridgehead atoms. The number of rotatable bonds is 3. The maximum Gasteiger partial charge on any atom is 0.328 e. The molecule has 86 valence electrons. The predicted octanol–water partition coefficient (Wildman–Crippen LogP) is 2.11. The highest BCUT2D eigenvalue weighted by molar-refractivity contribution is 5.85. The molecule has 0 saturated carbocycles. The number of nitrogens with zero attached hydrogens (tertiary/aromatic N) is 2. The minimum absolute atomic E-state index is 0.322. The summed E-state index contributed by atoms with van der Waals surface area (Å²) in [7, 11) is 0. The number of carboxylic acid groups (broad SMARTS) is 1. The first-order chi connectivity index (χ1) is 8.16. The molecule has 1 aromatic heterocycles.